The van der Waals surface area contributed by atoms with E-state index in [9.17, 15) is 0 Å². The van der Waals surface area contributed by atoms with E-state index in [0.717, 1.165) is 18.5 Å². The van der Waals surface area contributed by atoms with Crippen molar-refractivity contribution in [3.05, 3.63) is 29.8 Å². The number of anilines is 1. The summed E-state index contributed by atoms with van der Waals surface area (Å²) in [5.41, 5.74) is 2.19. The minimum Gasteiger partial charge on any atom is -0.373 e. The molecule has 3 atom stereocenters. The summed E-state index contributed by atoms with van der Waals surface area (Å²) in [5, 5.41) is 15.4. The Morgan fingerprint density at radius 2 is 2.10 bits per heavy atom. The van der Waals surface area contributed by atoms with Gasteiger partial charge >= 0.3 is 0 Å². The van der Waals surface area contributed by atoms with Crippen LogP contribution in [0.5, 0.6) is 0 Å². The maximum absolute atomic E-state index is 5.85. The summed E-state index contributed by atoms with van der Waals surface area (Å²) in [6.45, 7) is 2.06. The first-order valence-electron chi connectivity index (χ1n) is 7.07. The molecule has 6 nitrogen and oxygen atoms in total. The lowest BCUT2D eigenvalue weighted by molar-refractivity contribution is 0.102. The lowest BCUT2D eigenvalue weighted by atomic mass is 9.96. The number of aryl methyl sites for hydroxylation is 1. The highest BCUT2D eigenvalue weighted by atomic mass is 16.5. The van der Waals surface area contributed by atoms with E-state index < -0.39 is 0 Å². The van der Waals surface area contributed by atoms with E-state index in [0.29, 0.717) is 24.2 Å². The third kappa shape index (κ3) is 1.96. The number of ether oxygens (including phenoxy) is 1. The van der Waals surface area contributed by atoms with E-state index in [1.807, 2.05) is 12.1 Å². The zero-order chi connectivity index (χ0) is 13.5. The molecule has 2 aliphatic heterocycles. The fraction of sp³-hybridized carbons (Fsp3) is 0.500. The predicted molar refractivity (Wildman–Crippen MR) is 73.8 cm³/mol. The molecule has 20 heavy (non-hydrogen) atoms. The van der Waals surface area contributed by atoms with E-state index in [4.69, 9.17) is 4.74 Å². The molecule has 1 N–H and O–H groups in total. The lowest BCUT2D eigenvalue weighted by Gasteiger charge is -2.20. The molecule has 2 fully saturated rings. The molecule has 0 aliphatic carbocycles. The molecule has 0 saturated carbocycles. The summed E-state index contributed by atoms with van der Waals surface area (Å²) in [5.74, 6) is 0.690. The Morgan fingerprint density at radius 1 is 1.25 bits per heavy atom. The third-order valence-corrected chi connectivity index (χ3v) is 4.17. The predicted octanol–water partition coefficient (Wildman–Crippen LogP) is 1.70. The van der Waals surface area contributed by atoms with Crippen LogP contribution in [0.25, 0.3) is 5.69 Å². The van der Waals surface area contributed by atoms with Crippen LogP contribution in [0.1, 0.15) is 24.8 Å². The van der Waals surface area contributed by atoms with Crippen molar-refractivity contribution in [2.75, 3.05) is 5.32 Å². The van der Waals surface area contributed by atoms with Crippen molar-refractivity contribution in [3.8, 4) is 5.69 Å². The van der Waals surface area contributed by atoms with Crippen LogP contribution in [0.3, 0.4) is 0 Å². The summed E-state index contributed by atoms with van der Waals surface area (Å²) in [7, 11) is 0. The first-order chi connectivity index (χ1) is 9.79. The highest BCUT2D eigenvalue weighted by Gasteiger charge is 2.41. The molecule has 2 aromatic rings. The zero-order valence-corrected chi connectivity index (χ0v) is 11.4. The van der Waals surface area contributed by atoms with Gasteiger partial charge in [0.05, 0.1) is 23.9 Å². The van der Waals surface area contributed by atoms with Gasteiger partial charge in [0, 0.05) is 0 Å². The van der Waals surface area contributed by atoms with Crippen molar-refractivity contribution in [1.82, 2.24) is 20.2 Å². The number of aromatic nitrogens is 4. The van der Waals surface area contributed by atoms with Gasteiger partial charge < -0.3 is 10.1 Å². The van der Waals surface area contributed by atoms with Gasteiger partial charge in [-0.15, -0.1) is 0 Å². The summed E-state index contributed by atoms with van der Waals surface area (Å²) in [4.78, 5) is 0. The number of benzene rings is 1. The number of tetrazole rings is 1. The molecule has 0 radical (unpaired) electrons. The lowest BCUT2D eigenvalue weighted by Crippen LogP contribution is -2.31. The standard InChI is InChI=1S/C14H17N5O/c1-9-2-4-10(5-3-9)19-14(16-17-18-19)15-12-8-11-6-7-13(12)20-11/h2-5,11-13H,6-8H2,1H3,(H,15,16,18). The molecule has 2 bridgehead atoms. The number of fused-ring (bicyclic) bond motifs is 2. The normalized spacial score (nSPS) is 27.9. The largest absolute Gasteiger partial charge is 0.373 e. The van der Waals surface area contributed by atoms with Gasteiger partial charge in [0.25, 0.3) is 0 Å². The summed E-state index contributed by atoms with van der Waals surface area (Å²) in [6.07, 6.45) is 4.09. The minimum atomic E-state index is 0.308. The van der Waals surface area contributed by atoms with Crippen LogP contribution in [0, 0.1) is 6.92 Å². The Kier molecular flexibility index (Phi) is 2.70. The summed E-state index contributed by atoms with van der Waals surface area (Å²) < 4.78 is 7.60. The Labute approximate surface area is 117 Å². The van der Waals surface area contributed by atoms with Crippen molar-refractivity contribution < 1.29 is 4.74 Å². The Hall–Kier alpha value is -1.95. The molecule has 1 aromatic heterocycles. The van der Waals surface area contributed by atoms with E-state index >= 15 is 0 Å². The molecule has 2 aliphatic rings. The second kappa shape index (κ2) is 4.56. The maximum atomic E-state index is 5.85. The average Bonchev–Trinajstić information content (AvgIpc) is 3.16. The van der Waals surface area contributed by atoms with Gasteiger partial charge in [-0.25, -0.2) is 0 Å². The minimum absolute atomic E-state index is 0.308. The van der Waals surface area contributed by atoms with E-state index in [-0.39, 0.29) is 0 Å². The maximum Gasteiger partial charge on any atom is 0.248 e. The Morgan fingerprint density at radius 3 is 2.80 bits per heavy atom. The molecule has 0 amide bonds. The smallest absolute Gasteiger partial charge is 0.248 e. The molecular weight excluding hydrogens is 254 g/mol. The fourth-order valence-electron chi connectivity index (χ4n) is 3.09. The molecule has 1 aromatic carbocycles. The van der Waals surface area contributed by atoms with Crippen LogP contribution in [-0.2, 0) is 4.74 Å². The van der Waals surface area contributed by atoms with Crippen molar-refractivity contribution in [3.63, 3.8) is 0 Å². The molecule has 3 unspecified atom stereocenters. The van der Waals surface area contributed by atoms with Crippen molar-refractivity contribution in [2.45, 2.75) is 44.4 Å². The van der Waals surface area contributed by atoms with Gasteiger partial charge in [0.15, 0.2) is 0 Å². The van der Waals surface area contributed by atoms with Gasteiger partial charge in [-0.05, 0) is 48.7 Å². The molecule has 6 heteroatoms. The molecule has 2 saturated heterocycles. The summed E-state index contributed by atoms with van der Waals surface area (Å²) >= 11 is 0. The second-order valence-corrected chi connectivity index (χ2v) is 5.61. The molecular formula is C14H17N5O. The van der Waals surface area contributed by atoms with Gasteiger partial charge in [-0.2, -0.15) is 4.68 Å². The quantitative estimate of drug-likeness (QED) is 0.920. The topological polar surface area (TPSA) is 64.9 Å². The van der Waals surface area contributed by atoms with Gasteiger partial charge in [0.1, 0.15) is 0 Å². The molecule has 3 heterocycles. The van der Waals surface area contributed by atoms with Crippen LogP contribution in [0.4, 0.5) is 5.95 Å². The highest BCUT2D eigenvalue weighted by molar-refractivity contribution is 5.40. The fourth-order valence-corrected chi connectivity index (χ4v) is 3.09. The van der Waals surface area contributed by atoms with E-state index in [1.54, 1.807) is 4.68 Å². The molecule has 0 spiro atoms. The van der Waals surface area contributed by atoms with E-state index in [2.05, 4.69) is 39.9 Å². The van der Waals surface area contributed by atoms with Crippen LogP contribution in [-0.4, -0.2) is 38.5 Å². The highest BCUT2D eigenvalue weighted by Crippen LogP contribution is 2.35. The van der Waals surface area contributed by atoms with Gasteiger partial charge in [-0.3, -0.25) is 0 Å². The number of hydrogen-bond acceptors (Lipinski definition) is 5. The molecule has 4 rings (SSSR count). The number of nitrogens with zero attached hydrogens (tertiary/aromatic N) is 4. The van der Waals surface area contributed by atoms with Crippen LogP contribution >= 0.6 is 0 Å². The number of hydrogen-bond donors (Lipinski definition) is 1. The van der Waals surface area contributed by atoms with Gasteiger partial charge in [-0.1, -0.05) is 22.8 Å². The van der Waals surface area contributed by atoms with Crippen LogP contribution < -0.4 is 5.32 Å². The van der Waals surface area contributed by atoms with E-state index in [1.165, 1.54) is 12.0 Å². The van der Waals surface area contributed by atoms with Crippen molar-refractivity contribution in [1.29, 1.82) is 0 Å². The first-order valence-corrected chi connectivity index (χ1v) is 7.07. The van der Waals surface area contributed by atoms with Crippen LogP contribution in [0.15, 0.2) is 24.3 Å². The number of rotatable bonds is 3. The monoisotopic (exact) mass is 271 g/mol. The zero-order valence-electron chi connectivity index (χ0n) is 11.4. The first kappa shape index (κ1) is 11.8. The van der Waals surface area contributed by atoms with Gasteiger partial charge in [0.2, 0.25) is 5.95 Å². The molecule has 104 valence electrons. The number of nitrogens with one attached hydrogen (secondary N) is 1. The SMILES string of the molecule is Cc1ccc(-n2nnnc2NC2CC3CCC2O3)cc1. The Bertz CT molecular complexity index is 608. The van der Waals surface area contributed by atoms with Crippen LogP contribution in [0.2, 0.25) is 0 Å². The average molecular weight is 271 g/mol. The Balaban J connectivity index is 1.57. The summed E-state index contributed by atoms with van der Waals surface area (Å²) in [6, 6.07) is 8.48. The van der Waals surface area contributed by atoms with Crippen molar-refractivity contribution >= 4 is 5.95 Å². The van der Waals surface area contributed by atoms with Crippen molar-refractivity contribution in [2.24, 2.45) is 0 Å². The third-order valence-electron chi connectivity index (χ3n) is 4.17. The second-order valence-electron chi connectivity index (χ2n) is 5.61.